The van der Waals surface area contributed by atoms with Gasteiger partial charge in [-0.25, -0.2) is 0 Å². The van der Waals surface area contributed by atoms with Crippen LogP contribution in [0.5, 0.6) is 0 Å². The SMILES string of the molecule is CN=C(NCc1ccnc2ccccc12)NC(C)C.I. The van der Waals surface area contributed by atoms with Gasteiger partial charge in [0.05, 0.1) is 5.52 Å². The van der Waals surface area contributed by atoms with Crippen LogP contribution in [0, 0.1) is 0 Å². The molecule has 0 bridgehead atoms. The molecule has 0 amide bonds. The largest absolute Gasteiger partial charge is 0.354 e. The maximum Gasteiger partial charge on any atom is 0.191 e. The van der Waals surface area contributed by atoms with Gasteiger partial charge in [0.15, 0.2) is 5.96 Å². The van der Waals surface area contributed by atoms with Gasteiger partial charge in [-0.1, -0.05) is 18.2 Å². The van der Waals surface area contributed by atoms with Crippen LogP contribution in [0.15, 0.2) is 41.5 Å². The van der Waals surface area contributed by atoms with Crippen molar-refractivity contribution < 1.29 is 0 Å². The molecule has 4 nitrogen and oxygen atoms in total. The lowest BCUT2D eigenvalue weighted by molar-refractivity contribution is 0.700. The first-order valence-electron chi connectivity index (χ1n) is 6.50. The average molecular weight is 384 g/mol. The highest BCUT2D eigenvalue weighted by atomic mass is 127. The molecule has 2 rings (SSSR count). The Balaban J connectivity index is 0.00000200. The van der Waals surface area contributed by atoms with Crippen LogP contribution in [-0.4, -0.2) is 24.0 Å². The topological polar surface area (TPSA) is 49.3 Å². The summed E-state index contributed by atoms with van der Waals surface area (Å²) in [7, 11) is 1.78. The fourth-order valence-corrected chi connectivity index (χ4v) is 1.96. The number of nitrogens with one attached hydrogen (secondary N) is 2. The molecule has 0 saturated carbocycles. The molecule has 0 atom stereocenters. The van der Waals surface area contributed by atoms with E-state index in [2.05, 4.69) is 40.5 Å². The Morgan fingerprint density at radius 1 is 1.25 bits per heavy atom. The van der Waals surface area contributed by atoms with Crippen molar-refractivity contribution >= 4 is 40.8 Å². The highest BCUT2D eigenvalue weighted by Crippen LogP contribution is 2.15. The molecule has 1 aromatic heterocycles. The van der Waals surface area contributed by atoms with Gasteiger partial charge in [0.2, 0.25) is 0 Å². The minimum Gasteiger partial charge on any atom is -0.354 e. The first kappa shape index (κ1) is 16.7. The number of halogens is 1. The Bertz CT molecular complexity index is 576. The van der Waals surface area contributed by atoms with E-state index in [9.17, 15) is 0 Å². The Morgan fingerprint density at radius 2 is 2.00 bits per heavy atom. The number of pyridine rings is 1. The third-order valence-electron chi connectivity index (χ3n) is 2.83. The number of nitrogens with zero attached hydrogens (tertiary/aromatic N) is 2. The van der Waals surface area contributed by atoms with Crippen LogP contribution >= 0.6 is 24.0 Å². The predicted molar refractivity (Wildman–Crippen MR) is 95.6 cm³/mol. The van der Waals surface area contributed by atoms with Crippen molar-refractivity contribution in [3.05, 3.63) is 42.1 Å². The van der Waals surface area contributed by atoms with E-state index in [0.29, 0.717) is 6.04 Å². The zero-order chi connectivity index (χ0) is 13.7. The van der Waals surface area contributed by atoms with Crippen molar-refractivity contribution in [1.82, 2.24) is 15.6 Å². The summed E-state index contributed by atoms with van der Waals surface area (Å²) in [5.41, 5.74) is 2.24. The second-order valence-corrected chi connectivity index (χ2v) is 4.71. The van der Waals surface area contributed by atoms with Crippen LogP contribution in [0.2, 0.25) is 0 Å². The average Bonchev–Trinajstić information content (AvgIpc) is 2.43. The van der Waals surface area contributed by atoms with E-state index < -0.39 is 0 Å². The molecule has 0 saturated heterocycles. The number of para-hydroxylation sites is 1. The number of hydrogen-bond donors (Lipinski definition) is 2. The summed E-state index contributed by atoms with van der Waals surface area (Å²) in [5, 5.41) is 7.77. The highest BCUT2D eigenvalue weighted by Gasteiger charge is 2.03. The molecule has 1 aromatic carbocycles. The van der Waals surface area contributed by atoms with Crippen LogP contribution < -0.4 is 10.6 Å². The molecular weight excluding hydrogens is 363 g/mol. The number of hydrogen-bond acceptors (Lipinski definition) is 2. The molecule has 5 heteroatoms. The van der Waals surface area contributed by atoms with Crippen molar-refractivity contribution in [1.29, 1.82) is 0 Å². The first-order valence-corrected chi connectivity index (χ1v) is 6.50. The quantitative estimate of drug-likeness (QED) is 0.486. The maximum atomic E-state index is 4.36. The molecule has 0 radical (unpaired) electrons. The molecule has 2 N–H and O–H groups in total. The van der Waals surface area contributed by atoms with Crippen LogP contribution in [-0.2, 0) is 6.54 Å². The Labute approximate surface area is 137 Å². The van der Waals surface area contributed by atoms with Crippen LogP contribution in [0.4, 0.5) is 0 Å². The van der Waals surface area contributed by atoms with Gasteiger partial charge in [0.1, 0.15) is 0 Å². The number of aliphatic imine (C=N–C) groups is 1. The predicted octanol–water partition coefficient (Wildman–Crippen LogP) is 2.93. The molecule has 108 valence electrons. The van der Waals surface area contributed by atoms with Gasteiger partial charge in [0.25, 0.3) is 0 Å². The standard InChI is InChI=1S/C15H20N4.HI/c1-11(2)19-15(16-3)18-10-12-8-9-17-14-7-5-4-6-13(12)14;/h4-9,11H,10H2,1-3H3,(H2,16,18,19);1H. The van der Waals surface area contributed by atoms with Gasteiger partial charge < -0.3 is 10.6 Å². The number of aromatic nitrogens is 1. The monoisotopic (exact) mass is 384 g/mol. The molecular formula is C15H21IN4. The molecule has 0 spiro atoms. The molecule has 2 aromatic rings. The molecule has 0 aliphatic heterocycles. The molecule has 0 unspecified atom stereocenters. The summed E-state index contributed by atoms with van der Waals surface area (Å²) in [6, 6.07) is 10.6. The maximum absolute atomic E-state index is 4.36. The summed E-state index contributed by atoms with van der Waals surface area (Å²) in [5.74, 6) is 0.816. The van der Waals surface area contributed by atoms with E-state index in [0.717, 1.165) is 18.0 Å². The lowest BCUT2D eigenvalue weighted by atomic mass is 10.1. The molecule has 0 fully saturated rings. The third kappa shape index (κ3) is 4.33. The lowest BCUT2D eigenvalue weighted by Crippen LogP contribution is -2.40. The fraction of sp³-hybridized carbons (Fsp3) is 0.333. The molecule has 0 aliphatic carbocycles. The van der Waals surface area contributed by atoms with Crippen LogP contribution in [0.25, 0.3) is 10.9 Å². The highest BCUT2D eigenvalue weighted by molar-refractivity contribution is 14.0. The smallest absolute Gasteiger partial charge is 0.191 e. The van der Waals surface area contributed by atoms with E-state index in [1.165, 1.54) is 10.9 Å². The van der Waals surface area contributed by atoms with E-state index in [1.54, 1.807) is 7.05 Å². The van der Waals surface area contributed by atoms with E-state index in [-0.39, 0.29) is 24.0 Å². The number of guanidine groups is 1. The van der Waals surface area contributed by atoms with Gasteiger partial charge in [-0.2, -0.15) is 0 Å². The zero-order valence-electron chi connectivity index (χ0n) is 12.1. The first-order chi connectivity index (χ1) is 9.20. The molecule has 0 aliphatic rings. The van der Waals surface area contributed by atoms with Gasteiger partial charge in [-0.15, -0.1) is 24.0 Å². The Kier molecular flexibility index (Phi) is 6.70. The Hall–Kier alpha value is -1.37. The second kappa shape index (κ2) is 8.04. The number of fused-ring (bicyclic) bond motifs is 1. The minimum absolute atomic E-state index is 0. The van der Waals surface area contributed by atoms with Crippen LogP contribution in [0.1, 0.15) is 19.4 Å². The summed E-state index contributed by atoms with van der Waals surface area (Å²) in [6.45, 7) is 4.92. The summed E-state index contributed by atoms with van der Waals surface area (Å²) < 4.78 is 0. The minimum atomic E-state index is 0. The van der Waals surface area contributed by atoms with Crippen molar-refractivity contribution in [2.75, 3.05) is 7.05 Å². The van der Waals surface area contributed by atoms with Gasteiger partial charge in [0, 0.05) is 31.2 Å². The van der Waals surface area contributed by atoms with E-state index in [4.69, 9.17) is 0 Å². The molecule has 1 heterocycles. The van der Waals surface area contributed by atoms with E-state index >= 15 is 0 Å². The van der Waals surface area contributed by atoms with Crippen molar-refractivity contribution in [3.63, 3.8) is 0 Å². The van der Waals surface area contributed by atoms with Gasteiger partial charge in [-0.3, -0.25) is 9.98 Å². The molecule has 20 heavy (non-hydrogen) atoms. The van der Waals surface area contributed by atoms with Gasteiger partial charge in [-0.05, 0) is 31.5 Å². The Morgan fingerprint density at radius 3 is 2.70 bits per heavy atom. The second-order valence-electron chi connectivity index (χ2n) is 4.71. The normalized spacial score (nSPS) is 11.3. The third-order valence-corrected chi connectivity index (χ3v) is 2.83. The summed E-state index contributed by atoms with van der Waals surface area (Å²) in [4.78, 5) is 8.57. The van der Waals surface area contributed by atoms with Gasteiger partial charge >= 0.3 is 0 Å². The summed E-state index contributed by atoms with van der Waals surface area (Å²) in [6.07, 6.45) is 1.85. The lowest BCUT2D eigenvalue weighted by Gasteiger charge is -2.15. The number of benzene rings is 1. The zero-order valence-corrected chi connectivity index (χ0v) is 14.4. The van der Waals surface area contributed by atoms with Crippen LogP contribution in [0.3, 0.4) is 0 Å². The fourth-order valence-electron chi connectivity index (χ4n) is 1.96. The summed E-state index contributed by atoms with van der Waals surface area (Å²) >= 11 is 0. The van der Waals surface area contributed by atoms with Crippen molar-refractivity contribution in [2.24, 2.45) is 4.99 Å². The van der Waals surface area contributed by atoms with E-state index in [1.807, 2.05) is 30.5 Å². The van der Waals surface area contributed by atoms with Crippen molar-refractivity contribution in [2.45, 2.75) is 26.4 Å². The van der Waals surface area contributed by atoms with Crippen molar-refractivity contribution in [3.8, 4) is 0 Å². The number of rotatable bonds is 3.